The van der Waals surface area contributed by atoms with E-state index in [1.165, 1.54) is 17.0 Å². The molecule has 5 nitrogen and oxygen atoms in total. The lowest BCUT2D eigenvalue weighted by molar-refractivity contribution is -0.116. The molecule has 0 radical (unpaired) electrons. The molecule has 1 aromatic heterocycles. The summed E-state index contributed by atoms with van der Waals surface area (Å²) in [5.41, 5.74) is 4.23. The van der Waals surface area contributed by atoms with Crippen LogP contribution in [0.3, 0.4) is 0 Å². The van der Waals surface area contributed by atoms with Crippen molar-refractivity contribution in [3.05, 3.63) is 52.5 Å². The fourth-order valence-corrected chi connectivity index (χ4v) is 3.13. The highest BCUT2D eigenvalue weighted by molar-refractivity contribution is 5.95. The second kappa shape index (κ2) is 6.89. The van der Waals surface area contributed by atoms with Crippen LogP contribution in [0.1, 0.15) is 28.8 Å². The van der Waals surface area contributed by atoms with Gasteiger partial charge in [-0.1, -0.05) is 0 Å². The number of aromatic nitrogens is 1. The number of rotatable bonds is 4. The Morgan fingerprint density at radius 3 is 2.76 bits per heavy atom. The van der Waals surface area contributed by atoms with Crippen molar-refractivity contribution in [3.63, 3.8) is 0 Å². The number of fused-ring (bicyclic) bond motifs is 1. The number of aryl methyl sites for hydroxylation is 1. The zero-order valence-corrected chi connectivity index (χ0v) is 14.3. The van der Waals surface area contributed by atoms with Gasteiger partial charge in [-0.15, -0.1) is 0 Å². The molecule has 0 spiro atoms. The van der Waals surface area contributed by atoms with E-state index in [9.17, 15) is 14.4 Å². The van der Waals surface area contributed by atoms with Gasteiger partial charge in [0, 0.05) is 18.4 Å². The molecule has 0 saturated carbocycles. The summed E-state index contributed by atoms with van der Waals surface area (Å²) in [4.78, 5) is 18.4. The van der Waals surface area contributed by atoms with E-state index in [1.54, 1.807) is 19.2 Å². The molecule has 128 valence electrons. The lowest BCUT2D eigenvalue weighted by Gasteiger charge is -2.18. The van der Waals surface area contributed by atoms with Gasteiger partial charge < -0.3 is 10.2 Å². The van der Waals surface area contributed by atoms with Crippen LogP contribution >= 0.6 is 0 Å². The van der Waals surface area contributed by atoms with E-state index in [0.717, 1.165) is 36.1 Å². The molecule has 1 heterocycles. The Morgan fingerprint density at radius 2 is 2.08 bits per heavy atom. The maximum absolute atomic E-state index is 13.0. The second-order valence-electron chi connectivity index (χ2n) is 6.13. The molecule has 0 aliphatic heterocycles. The maximum atomic E-state index is 13.0. The first-order valence-corrected chi connectivity index (χ1v) is 8.19. The molecular formula is C19H19FN4O. The van der Waals surface area contributed by atoms with Gasteiger partial charge in [0.05, 0.1) is 12.1 Å². The summed E-state index contributed by atoms with van der Waals surface area (Å²) in [6.07, 6.45) is 2.90. The van der Waals surface area contributed by atoms with Gasteiger partial charge in [-0.05, 0) is 61.6 Å². The highest BCUT2D eigenvalue weighted by Crippen LogP contribution is 2.29. The highest BCUT2D eigenvalue weighted by atomic mass is 19.1. The Kier molecular flexibility index (Phi) is 4.66. The number of carbonyl (C=O) groups is 1. The van der Waals surface area contributed by atoms with Crippen LogP contribution in [-0.4, -0.2) is 24.5 Å². The van der Waals surface area contributed by atoms with Crippen LogP contribution in [0, 0.1) is 24.1 Å². The van der Waals surface area contributed by atoms with Crippen LogP contribution in [0.5, 0.6) is 0 Å². The van der Waals surface area contributed by atoms with Gasteiger partial charge in [0.15, 0.2) is 0 Å². The van der Waals surface area contributed by atoms with Crippen molar-refractivity contribution in [2.75, 3.05) is 23.8 Å². The largest absolute Gasteiger partial charge is 0.360 e. The van der Waals surface area contributed by atoms with E-state index in [0.29, 0.717) is 17.1 Å². The Morgan fingerprint density at radius 1 is 1.36 bits per heavy atom. The second-order valence-corrected chi connectivity index (χ2v) is 6.13. The molecule has 0 atom stereocenters. The number of nitrogens with zero attached hydrogens (tertiary/aromatic N) is 3. The van der Waals surface area contributed by atoms with Crippen molar-refractivity contribution in [1.82, 2.24) is 4.98 Å². The van der Waals surface area contributed by atoms with Gasteiger partial charge in [0.1, 0.15) is 17.7 Å². The summed E-state index contributed by atoms with van der Waals surface area (Å²) in [5.74, 6) is -0.0869. The number of amides is 1. The number of hydrogen-bond acceptors (Lipinski definition) is 4. The first kappa shape index (κ1) is 16.9. The highest BCUT2D eigenvalue weighted by Gasteiger charge is 2.21. The summed E-state index contributed by atoms with van der Waals surface area (Å²) < 4.78 is 13.0. The summed E-state index contributed by atoms with van der Waals surface area (Å²) in [7, 11) is 1.63. The van der Waals surface area contributed by atoms with Crippen molar-refractivity contribution in [3.8, 4) is 6.07 Å². The van der Waals surface area contributed by atoms with E-state index >= 15 is 0 Å². The van der Waals surface area contributed by atoms with Crippen molar-refractivity contribution in [1.29, 1.82) is 5.26 Å². The Balaban J connectivity index is 1.75. The molecule has 1 aliphatic carbocycles. The van der Waals surface area contributed by atoms with E-state index < -0.39 is 0 Å². The zero-order chi connectivity index (χ0) is 18.0. The summed E-state index contributed by atoms with van der Waals surface area (Å²) in [6, 6.07) is 7.91. The summed E-state index contributed by atoms with van der Waals surface area (Å²) in [5, 5.41) is 12.4. The van der Waals surface area contributed by atoms with Gasteiger partial charge in [-0.2, -0.15) is 5.26 Å². The third kappa shape index (κ3) is 3.31. The number of carbonyl (C=O) groups excluding carboxylic acids is 1. The number of hydrogen-bond donors (Lipinski definition) is 1. The lowest BCUT2D eigenvalue weighted by atomic mass is 10.0. The van der Waals surface area contributed by atoms with Crippen molar-refractivity contribution in [2.24, 2.45) is 0 Å². The fraction of sp³-hybridized carbons (Fsp3) is 0.316. The van der Waals surface area contributed by atoms with Gasteiger partial charge in [0.25, 0.3) is 0 Å². The minimum Gasteiger partial charge on any atom is -0.360 e. The van der Waals surface area contributed by atoms with Gasteiger partial charge >= 0.3 is 0 Å². The molecule has 0 fully saturated rings. The summed E-state index contributed by atoms with van der Waals surface area (Å²) in [6.45, 7) is 1.94. The standard InChI is InChI=1S/C19H19FN4O/c1-12-15-4-3-5-17(15)23-19(16(12)10-21)22-11-18(25)24(2)14-8-6-13(20)7-9-14/h6-9H,3-5,11H2,1-2H3,(H,22,23). The number of anilines is 2. The summed E-state index contributed by atoms with van der Waals surface area (Å²) >= 11 is 0. The van der Waals surface area contributed by atoms with Crippen LogP contribution in [0.4, 0.5) is 15.9 Å². The predicted octanol–water partition coefficient (Wildman–Crippen LogP) is 2.96. The molecule has 1 aliphatic rings. The fourth-order valence-electron chi connectivity index (χ4n) is 3.13. The number of pyridine rings is 1. The third-order valence-electron chi connectivity index (χ3n) is 4.61. The molecule has 1 aromatic carbocycles. The molecule has 6 heteroatoms. The Labute approximate surface area is 146 Å². The third-order valence-corrected chi connectivity index (χ3v) is 4.61. The minimum atomic E-state index is -0.348. The van der Waals surface area contributed by atoms with E-state index in [4.69, 9.17) is 0 Å². The molecule has 0 saturated heterocycles. The Hall–Kier alpha value is -2.94. The van der Waals surface area contributed by atoms with E-state index in [1.807, 2.05) is 6.92 Å². The van der Waals surface area contributed by atoms with Gasteiger partial charge in [0.2, 0.25) is 5.91 Å². The number of nitrogens with one attached hydrogen (secondary N) is 1. The average molecular weight is 338 g/mol. The van der Waals surface area contributed by atoms with Crippen molar-refractivity contribution >= 4 is 17.4 Å². The number of likely N-dealkylation sites (N-methyl/N-ethyl adjacent to an activating group) is 1. The molecular weight excluding hydrogens is 319 g/mol. The van der Waals surface area contributed by atoms with Crippen LogP contribution in [-0.2, 0) is 17.6 Å². The normalized spacial score (nSPS) is 12.4. The average Bonchev–Trinajstić information content (AvgIpc) is 3.08. The van der Waals surface area contributed by atoms with Crippen molar-refractivity contribution < 1.29 is 9.18 Å². The SMILES string of the molecule is Cc1c(C#N)c(NCC(=O)N(C)c2ccc(F)cc2)nc2c1CCC2. The Bertz CT molecular complexity index is 855. The molecule has 0 unspecified atom stereocenters. The van der Waals surface area contributed by atoms with Crippen LogP contribution in [0.25, 0.3) is 0 Å². The smallest absolute Gasteiger partial charge is 0.246 e. The monoisotopic (exact) mass is 338 g/mol. The first-order chi connectivity index (χ1) is 12.0. The topological polar surface area (TPSA) is 69.0 Å². The zero-order valence-electron chi connectivity index (χ0n) is 14.3. The van der Waals surface area contributed by atoms with Crippen molar-refractivity contribution in [2.45, 2.75) is 26.2 Å². The van der Waals surface area contributed by atoms with Crippen LogP contribution in [0.2, 0.25) is 0 Å². The molecule has 1 amide bonds. The maximum Gasteiger partial charge on any atom is 0.246 e. The minimum absolute atomic E-state index is 0.00772. The number of benzene rings is 1. The molecule has 1 N–H and O–H groups in total. The first-order valence-electron chi connectivity index (χ1n) is 8.19. The van der Waals surface area contributed by atoms with Crippen LogP contribution < -0.4 is 10.2 Å². The van der Waals surface area contributed by atoms with E-state index in [2.05, 4.69) is 16.4 Å². The molecule has 3 rings (SSSR count). The van der Waals surface area contributed by atoms with Crippen LogP contribution in [0.15, 0.2) is 24.3 Å². The number of halogens is 1. The van der Waals surface area contributed by atoms with Gasteiger partial charge in [-0.25, -0.2) is 9.37 Å². The number of nitriles is 1. The molecule has 25 heavy (non-hydrogen) atoms. The predicted molar refractivity (Wildman–Crippen MR) is 94.0 cm³/mol. The van der Waals surface area contributed by atoms with E-state index in [-0.39, 0.29) is 18.3 Å². The molecule has 0 bridgehead atoms. The quantitative estimate of drug-likeness (QED) is 0.930. The van der Waals surface area contributed by atoms with Gasteiger partial charge in [-0.3, -0.25) is 4.79 Å². The molecule has 2 aromatic rings. The lowest BCUT2D eigenvalue weighted by Crippen LogP contribution is -2.32.